The van der Waals surface area contributed by atoms with E-state index in [-0.39, 0.29) is 5.41 Å². The van der Waals surface area contributed by atoms with Crippen LogP contribution in [0.3, 0.4) is 0 Å². The summed E-state index contributed by atoms with van der Waals surface area (Å²) in [6, 6.07) is 17.7. The van der Waals surface area contributed by atoms with Crippen LogP contribution in [0.5, 0.6) is 5.75 Å². The van der Waals surface area contributed by atoms with Crippen LogP contribution in [0.4, 0.5) is 5.82 Å². The van der Waals surface area contributed by atoms with Crippen molar-refractivity contribution in [1.29, 1.82) is 0 Å². The molecule has 5 nitrogen and oxygen atoms in total. The van der Waals surface area contributed by atoms with Crippen LogP contribution in [0.2, 0.25) is 0 Å². The molecular weight excluding hydrogens is 398 g/mol. The standard InChI is InChI=1S/C27H29N3O2/c1-20-3-5-21(6-4-20)27(11-2-12-27)22-7-9-24(10-8-22)32-15-23-13-29-25(14-28-23)30-16-26(17-30)18-31-19-26/h3-10,13-14H,2,11-12,15-19H2,1H3. The molecular formula is C27H29N3O2. The minimum Gasteiger partial charge on any atom is -0.487 e. The number of ether oxygens (including phenoxy) is 2. The number of benzene rings is 2. The lowest BCUT2D eigenvalue weighted by Crippen LogP contribution is -2.66. The lowest BCUT2D eigenvalue weighted by atomic mass is 9.60. The Labute approximate surface area is 189 Å². The summed E-state index contributed by atoms with van der Waals surface area (Å²) in [7, 11) is 0. The Hall–Kier alpha value is -2.92. The van der Waals surface area contributed by atoms with E-state index in [1.54, 1.807) is 0 Å². The number of nitrogens with zero attached hydrogens (tertiary/aromatic N) is 3. The van der Waals surface area contributed by atoms with Crippen LogP contribution in [-0.4, -0.2) is 36.3 Å². The molecule has 1 aliphatic carbocycles. The number of aromatic nitrogens is 2. The summed E-state index contributed by atoms with van der Waals surface area (Å²) in [5.74, 6) is 1.81. The zero-order valence-electron chi connectivity index (χ0n) is 18.6. The summed E-state index contributed by atoms with van der Waals surface area (Å²) >= 11 is 0. The third-order valence-electron chi connectivity index (χ3n) is 7.49. The van der Waals surface area contributed by atoms with Gasteiger partial charge in [-0.05, 0) is 43.0 Å². The summed E-state index contributed by atoms with van der Waals surface area (Å²) < 4.78 is 11.3. The Balaban J connectivity index is 1.08. The van der Waals surface area contributed by atoms with Gasteiger partial charge in [0.05, 0.1) is 36.7 Å². The van der Waals surface area contributed by atoms with Gasteiger partial charge < -0.3 is 14.4 Å². The Morgan fingerprint density at radius 1 is 0.906 bits per heavy atom. The molecule has 1 aromatic heterocycles. The van der Waals surface area contributed by atoms with Gasteiger partial charge in [-0.15, -0.1) is 0 Å². The van der Waals surface area contributed by atoms with Gasteiger partial charge in [-0.3, -0.25) is 4.98 Å². The monoisotopic (exact) mass is 427 g/mol. The van der Waals surface area contributed by atoms with Gasteiger partial charge in [0.25, 0.3) is 0 Å². The molecule has 0 N–H and O–H groups in total. The van der Waals surface area contributed by atoms with E-state index < -0.39 is 0 Å². The first-order valence-corrected chi connectivity index (χ1v) is 11.6. The first kappa shape index (κ1) is 19.7. The first-order chi connectivity index (χ1) is 15.6. The van der Waals surface area contributed by atoms with Crippen molar-refractivity contribution in [3.05, 3.63) is 83.3 Å². The van der Waals surface area contributed by atoms with Crippen molar-refractivity contribution in [2.24, 2.45) is 5.41 Å². The van der Waals surface area contributed by atoms with E-state index in [4.69, 9.17) is 9.47 Å². The molecule has 3 aliphatic rings. The molecule has 1 saturated carbocycles. The second-order valence-electron chi connectivity index (χ2n) is 9.83. The van der Waals surface area contributed by atoms with Crippen molar-refractivity contribution in [3.8, 4) is 5.75 Å². The average Bonchev–Trinajstić information content (AvgIpc) is 2.73. The molecule has 0 radical (unpaired) electrons. The van der Waals surface area contributed by atoms with E-state index in [0.29, 0.717) is 12.0 Å². The summed E-state index contributed by atoms with van der Waals surface area (Å²) in [5, 5.41) is 0. The fourth-order valence-electron chi connectivity index (χ4n) is 5.26. The number of hydrogen-bond donors (Lipinski definition) is 0. The lowest BCUT2D eigenvalue weighted by molar-refractivity contribution is -0.127. The predicted molar refractivity (Wildman–Crippen MR) is 124 cm³/mol. The molecule has 3 heterocycles. The highest BCUT2D eigenvalue weighted by molar-refractivity contribution is 5.44. The molecule has 5 heteroatoms. The van der Waals surface area contributed by atoms with Crippen molar-refractivity contribution in [2.45, 2.75) is 38.2 Å². The van der Waals surface area contributed by atoms with Crippen molar-refractivity contribution in [3.63, 3.8) is 0 Å². The minimum atomic E-state index is 0.161. The van der Waals surface area contributed by atoms with Gasteiger partial charge in [0.15, 0.2) is 0 Å². The van der Waals surface area contributed by atoms with E-state index in [9.17, 15) is 0 Å². The molecule has 6 rings (SSSR count). The number of rotatable bonds is 6. The van der Waals surface area contributed by atoms with Crippen LogP contribution >= 0.6 is 0 Å². The predicted octanol–water partition coefficient (Wildman–Crippen LogP) is 4.67. The second-order valence-corrected chi connectivity index (χ2v) is 9.83. The topological polar surface area (TPSA) is 47.5 Å². The van der Waals surface area contributed by atoms with Crippen molar-refractivity contribution >= 4 is 5.82 Å². The van der Waals surface area contributed by atoms with E-state index in [1.165, 1.54) is 36.0 Å². The van der Waals surface area contributed by atoms with Gasteiger partial charge in [-0.25, -0.2) is 4.98 Å². The van der Waals surface area contributed by atoms with Crippen LogP contribution in [0.15, 0.2) is 60.9 Å². The van der Waals surface area contributed by atoms with Gasteiger partial charge in [-0.1, -0.05) is 48.4 Å². The molecule has 2 aromatic carbocycles. The van der Waals surface area contributed by atoms with E-state index >= 15 is 0 Å². The highest BCUT2D eigenvalue weighted by Gasteiger charge is 2.49. The molecule has 3 fully saturated rings. The average molecular weight is 428 g/mol. The fraction of sp³-hybridized carbons (Fsp3) is 0.407. The Kier molecular flexibility index (Phi) is 4.68. The van der Waals surface area contributed by atoms with Gasteiger partial charge in [0.1, 0.15) is 18.2 Å². The summed E-state index contributed by atoms with van der Waals surface area (Å²) in [5.41, 5.74) is 5.51. The molecule has 0 bridgehead atoms. The number of aryl methyl sites for hydroxylation is 1. The first-order valence-electron chi connectivity index (χ1n) is 11.6. The highest BCUT2D eigenvalue weighted by Crippen LogP contribution is 2.49. The maximum absolute atomic E-state index is 6.00. The largest absolute Gasteiger partial charge is 0.487 e. The van der Waals surface area contributed by atoms with Gasteiger partial charge in [-0.2, -0.15) is 0 Å². The van der Waals surface area contributed by atoms with Crippen molar-refractivity contribution < 1.29 is 9.47 Å². The van der Waals surface area contributed by atoms with Gasteiger partial charge >= 0.3 is 0 Å². The SMILES string of the molecule is Cc1ccc(C2(c3ccc(OCc4cnc(N5CC6(COC6)C5)cn4)cc3)CCC2)cc1. The Bertz CT molecular complexity index is 1080. The van der Waals surface area contributed by atoms with Crippen LogP contribution < -0.4 is 9.64 Å². The summed E-state index contributed by atoms with van der Waals surface area (Å²) in [6.45, 7) is 6.38. The number of anilines is 1. The van der Waals surface area contributed by atoms with E-state index in [0.717, 1.165) is 43.6 Å². The van der Waals surface area contributed by atoms with Crippen molar-refractivity contribution in [1.82, 2.24) is 9.97 Å². The fourth-order valence-corrected chi connectivity index (χ4v) is 5.26. The third kappa shape index (κ3) is 3.36. The molecule has 1 spiro atoms. The Morgan fingerprint density at radius 2 is 1.59 bits per heavy atom. The third-order valence-corrected chi connectivity index (χ3v) is 7.49. The number of hydrogen-bond acceptors (Lipinski definition) is 5. The summed E-state index contributed by atoms with van der Waals surface area (Å²) in [4.78, 5) is 11.4. The van der Waals surface area contributed by atoms with E-state index in [1.807, 2.05) is 12.4 Å². The smallest absolute Gasteiger partial charge is 0.147 e. The molecule has 0 unspecified atom stereocenters. The summed E-state index contributed by atoms with van der Waals surface area (Å²) in [6.07, 6.45) is 7.39. The van der Waals surface area contributed by atoms with Crippen LogP contribution in [0, 0.1) is 12.3 Å². The lowest BCUT2D eigenvalue weighted by Gasteiger charge is -2.55. The molecule has 2 aliphatic heterocycles. The molecule has 164 valence electrons. The molecule has 0 atom stereocenters. The Morgan fingerprint density at radius 3 is 2.12 bits per heavy atom. The normalized spacial score (nSPS) is 20.2. The second kappa shape index (κ2) is 7.59. The zero-order valence-corrected chi connectivity index (χ0v) is 18.6. The highest BCUT2D eigenvalue weighted by atomic mass is 16.5. The quantitative estimate of drug-likeness (QED) is 0.572. The zero-order chi connectivity index (χ0) is 21.6. The molecule has 0 amide bonds. The van der Waals surface area contributed by atoms with Crippen LogP contribution in [-0.2, 0) is 16.8 Å². The van der Waals surface area contributed by atoms with Crippen molar-refractivity contribution in [2.75, 3.05) is 31.2 Å². The van der Waals surface area contributed by atoms with Gasteiger partial charge in [0, 0.05) is 18.5 Å². The van der Waals surface area contributed by atoms with Gasteiger partial charge in [0.2, 0.25) is 0 Å². The van der Waals surface area contributed by atoms with Crippen LogP contribution in [0.25, 0.3) is 0 Å². The maximum atomic E-state index is 6.00. The minimum absolute atomic E-state index is 0.161. The molecule has 32 heavy (non-hydrogen) atoms. The van der Waals surface area contributed by atoms with Crippen LogP contribution in [0.1, 0.15) is 41.6 Å². The molecule has 2 saturated heterocycles. The maximum Gasteiger partial charge on any atom is 0.147 e. The molecule has 3 aromatic rings. The van der Waals surface area contributed by atoms with E-state index in [2.05, 4.69) is 70.3 Å².